The number of nitrogens with zero attached hydrogens (tertiary/aromatic N) is 1. The van der Waals surface area contributed by atoms with E-state index < -0.39 is 0 Å². The molecule has 0 amide bonds. The van der Waals surface area contributed by atoms with Crippen LogP contribution in [-0.2, 0) is 9.53 Å². The van der Waals surface area contributed by atoms with Crippen LogP contribution in [0.5, 0.6) is 0 Å². The van der Waals surface area contributed by atoms with Crippen molar-refractivity contribution in [1.82, 2.24) is 4.90 Å². The van der Waals surface area contributed by atoms with Gasteiger partial charge in [-0.3, -0.25) is 4.90 Å². The summed E-state index contributed by atoms with van der Waals surface area (Å²) in [6.07, 6.45) is 19.9. The lowest BCUT2D eigenvalue weighted by Gasteiger charge is -2.31. The maximum atomic E-state index is 12.2. The van der Waals surface area contributed by atoms with Crippen molar-refractivity contribution in [3.05, 3.63) is 12.2 Å². The second-order valence-corrected chi connectivity index (χ2v) is 8.71. The molecule has 0 rings (SSSR count). The molecule has 3 nitrogen and oxygen atoms in total. The van der Waals surface area contributed by atoms with Gasteiger partial charge in [-0.05, 0) is 32.6 Å². The van der Waals surface area contributed by atoms with Crippen LogP contribution in [0, 0.1) is 0 Å². The number of carbonyl (C=O) groups excluding carboxylic acids is 1. The maximum Gasteiger partial charge on any atom is 0.334 e. The Balaban J connectivity index is 4.71. The molecule has 0 aromatic heterocycles. The van der Waals surface area contributed by atoms with E-state index in [9.17, 15) is 4.79 Å². The van der Waals surface area contributed by atoms with Gasteiger partial charge in [-0.25, -0.2) is 4.79 Å². The third kappa shape index (κ3) is 16.6. The highest BCUT2D eigenvalue weighted by molar-refractivity contribution is 5.87. The summed E-state index contributed by atoms with van der Waals surface area (Å²) in [4.78, 5) is 14.7. The first-order valence-electron chi connectivity index (χ1n) is 12.7. The van der Waals surface area contributed by atoms with Crippen LogP contribution in [0.3, 0.4) is 0 Å². The van der Waals surface area contributed by atoms with Crippen LogP contribution in [0.1, 0.15) is 130 Å². The number of ether oxygens (including phenoxy) is 1. The fraction of sp³-hybridized carbons (Fsp3) is 0.885. The molecule has 0 aliphatic heterocycles. The van der Waals surface area contributed by atoms with Crippen molar-refractivity contribution in [2.45, 2.75) is 137 Å². The normalized spacial score (nSPS) is 12.3. The molecule has 0 N–H and O–H groups in total. The van der Waals surface area contributed by atoms with Crippen molar-refractivity contribution in [1.29, 1.82) is 0 Å². The van der Waals surface area contributed by atoms with Crippen molar-refractivity contribution >= 4 is 5.97 Å². The minimum Gasteiger partial charge on any atom is -0.443 e. The van der Waals surface area contributed by atoms with E-state index in [0.29, 0.717) is 5.57 Å². The maximum absolute atomic E-state index is 12.2. The van der Waals surface area contributed by atoms with Gasteiger partial charge in [0.05, 0.1) is 0 Å². The van der Waals surface area contributed by atoms with Crippen molar-refractivity contribution in [2.75, 3.05) is 13.1 Å². The molecule has 1 atom stereocenters. The van der Waals surface area contributed by atoms with Crippen LogP contribution in [0.15, 0.2) is 12.2 Å². The third-order valence-electron chi connectivity index (χ3n) is 5.65. The van der Waals surface area contributed by atoms with Crippen molar-refractivity contribution in [3.8, 4) is 0 Å². The van der Waals surface area contributed by atoms with Crippen LogP contribution in [0.2, 0.25) is 0 Å². The Hall–Kier alpha value is -0.830. The highest BCUT2D eigenvalue weighted by Crippen LogP contribution is 2.17. The van der Waals surface area contributed by atoms with Gasteiger partial charge in [-0.1, -0.05) is 104 Å². The van der Waals surface area contributed by atoms with E-state index in [-0.39, 0.29) is 12.2 Å². The highest BCUT2D eigenvalue weighted by Gasteiger charge is 2.22. The summed E-state index contributed by atoms with van der Waals surface area (Å²) in [5.41, 5.74) is 0.504. The number of carbonyl (C=O) groups is 1. The summed E-state index contributed by atoms with van der Waals surface area (Å²) in [6, 6.07) is 0. The molecule has 0 aromatic rings. The molecule has 0 heterocycles. The molecule has 0 saturated carbocycles. The summed E-state index contributed by atoms with van der Waals surface area (Å²) in [5, 5.41) is 0. The van der Waals surface area contributed by atoms with Crippen LogP contribution in [-0.4, -0.2) is 30.2 Å². The summed E-state index contributed by atoms with van der Waals surface area (Å²) in [7, 11) is 0. The van der Waals surface area contributed by atoms with Gasteiger partial charge in [0.25, 0.3) is 0 Å². The molecule has 3 heteroatoms. The van der Waals surface area contributed by atoms with Crippen LogP contribution in [0.25, 0.3) is 0 Å². The van der Waals surface area contributed by atoms with Gasteiger partial charge in [0.1, 0.15) is 0 Å². The zero-order chi connectivity index (χ0) is 21.7. The average molecular weight is 410 g/mol. The van der Waals surface area contributed by atoms with E-state index in [1.807, 2.05) is 0 Å². The Morgan fingerprint density at radius 3 is 1.59 bits per heavy atom. The first kappa shape index (κ1) is 28.2. The van der Waals surface area contributed by atoms with E-state index in [0.717, 1.165) is 25.9 Å². The van der Waals surface area contributed by atoms with Gasteiger partial charge in [-0.15, -0.1) is 0 Å². The van der Waals surface area contributed by atoms with Gasteiger partial charge in [0.2, 0.25) is 0 Å². The van der Waals surface area contributed by atoms with Gasteiger partial charge in [0, 0.05) is 18.7 Å². The second-order valence-electron chi connectivity index (χ2n) is 8.71. The number of unbranched alkanes of at least 4 members (excludes halogenated alkanes) is 12. The van der Waals surface area contributed by atoms with E-state index in [1.54, 1.807) is 6.92 Å². The summed E-state index contributed by atoms with van der Waals surface area (Å²) in [5.74, 6) is -0.234. The monoisotopic (exact) mass is 409 g/mol. The summed E-state index contributed by atoms with van der Waals surface area (Å²) >= 11 is 0. The molecule has 172 valence electrons. The van der Waals surface area contributed by atoms with Gasteiger partial charge < -0.3 is 4.74 Å². The number of rotatable bonds is 21. The fourth-order valence-electron chi connectivity index (χ4n) is 3.70. The van der Waals surface area contributed by atoms with E-state index in [4.69, 9.17) is 4.74 Å². The first-order chi connectivity index (χ1) is 14.1. The number of esters is 1. The number of hydrogen-bond donors (Lipinski definition) is 0. The topological polar surface area (TPSA) is 29.5 Å². The molecule has 0 aliphatic rings. The molecule has 0 aliphatic carbocycles. The molecule has 0 radical (unpaired) electrons. The number of hydrogen-bond acceptors (Lipinski definition) is 3. The van der Waals surface area contributed by atoms with Gasteiger partial charge in [-0.2, -0.15) is 0 Å². The third-order valence-corrected chi connectivity index (χ3v) is 5.65. The largest absolute Gasteiger partial charge is 0.443 e. The van der Waals surface area contributed by atoms with Crippen molar-refractivity contribution in [3.63, 3.8) is 0 Å². The van der Waals surface area contributed by atoms with Crippen molar-refractivity contribution in [2.24, 2.45) is 0 Å². The van der Waals surface area contributed by atoms with E-state index in [1.165, 1.54) is 89.9 Å². The lowest BCUT2D eigenvalue weighted by atomic mass is 10.1. The first-order valence-corrected chi connectivity index (χ1v) is 12.7. The predicted molar refractivity (Wildman–Crippen MR) is 127 cm³/mol. The van der Waals surface area contributed by atoms with Crippen LogP contribution < -0.4 is 0 Å². The van der Waals surface area contributed by atoms with E-state index >= 15 is 0 Å². The Morgan fingerprint density at radius 1 is 0.724 bits per heavy atom. The molecular weight excluding hydrogens is 358 g/mol. The molecular formula is C26H51NO2. The Morgan fingerprint density at radius 2 is 1.14 bits per heavy atom. The molecule has 0 aromatic carbocycles. The molecule has 0 fully saturated rings. The lowest BCUT2D eigenvalue weighted by Crippen LogP contribution is -2.40. The summed E-state index contributed by atoms with van der Waals surface area (Å²) in [6.45, 7) is 14.4. The Kier molecular flexibility index (Phi) is 19.9. The molecule has 0 saturated heterocycles. The fourth-order valence-corrected chi connectivity index (χ4v) is 3.70. The van der Waals surface area contributed by atoms with Crippen LogP contribution >= 0.6 is 0 Å². The molecule has 1 unspecified atom stereocenters. The van der Waals surface area contributed by atoms with Crippen molar-refractivity contribution < 1.29 is 9.53 Å². The minimum atomic E-state index is -0.234. The molecule has 0 spiro atoms. The highest BCUT2D eigenvalue weighted by atomic mass is 16.6. The minimum absolute atomic E-state index is 0.0861. The quantitative estimate of drug-likeness (QED) is 0.0831. The Bertz CT molecular complexity index is 378. The summed E-state index contributed by atoms with van der Waals surface area (Å²) < 4.78 is 5.90. The zero-order valence-corrected chi connectivity index (χ0v) is 20.3. The van der Waals surface area contributed by atoms with Crippen LogP contribution in [0.4, 0.5) is 0 Å². The second kappa shape index (κ2) is 20.4. The standard InChI is InChI=1S/C26H51NO2/c1-6-9-12-14-16-19-22-27(23-20-17-15-13-10-7-2)25(21-18-11-8-3)29-26(28)24(4)5/h25H,4,6-23H2,1-3,5H3. The predicted octanol–water partition coefficient (Wildman–Crippen LogP) is 8.04. The molecule has 29 heavy (non-hydrogen) atoms. The van der Waals surface area contributed by atoms with Gasteiger partial charge >= 0.3 is 5.97 Å². The zero-order valence-electron chi connectivity index (χ0n) is 20.3. The van der Waals surface area contributed by atoms with E-state index in [2.05, 4.69) is 32.3 Å². The van der Waals surface area contributed by atoms with Gasteiger partial charge in [0.15, 0.2) is 6.23 Å². The SMILES string of the molecule is C=C(C)C(=O)OC(CCCCC)N(CCCCCCCC)CCCCCCCC. The smallest absolute Gasteiger partial charge is 0.334 e. The lowest BCUT2D eigenvalue weighted by molar-refractivity contribution is -0.155. The molecule has 0 bridgehead atoms. The Labute approximate surface area is 182 Å². The average Bonchev–Trinajstić information content (AvgIpc) is 2.70.